The van der Waals surface area contributed by atoms with Crippen LogP contribution in [-0.4, -0.2) is 62.3 Å². The third-order valence-corrected chi connectivity index (χ3v) is 4.98. The van der Waals surface area contributed by atoms with Crippen molar-refractivity contribution >= 4 is 40.9 Å². The molecular formula is C23H25N3O5S. The van der Waals surface area contributed by atoms with Crippen LogP contribution in [0.15, 0.2) is 48.5 Å². The number of ether oxygens (including phenoxy) is 3. The Kier molecular flexibility index (Phi) is 8.18. The maximum Gasteiger partial charge on any atom is 0.256 e. The number of carbonyl (C=O) groups is 2. The van der Waals surface area contributed by atoms with Crippen LogP contribution in [0.25, 0.3) is 6.08 Å². The van der Waals surface area contributed by atoms with E-state index in [-0.39, 0.29) is 11.0 Å². The van der Waals surface area contributed by atoms with Crippen LogP contribution in [0.1, 0.15) is 15.9 Å². The lowest BCUT2D eigenvalue weighted by atomic mass is 10.1. The molecule has 1 fully saturated rings. The van der Waals surface area contributed by atoms with Crippen molar-refractivity contribution in [2.45, 2.75) is 0 Å². The summed E-state index contributed by atoms with van der Waals surface area (Å²) in [4.78, 5) is 26.9. The number of hydrogen-bond acceptors (Lipinski definition) is 6. The Bertz CT molecular complexity index is 1020. The first-order valence-corrected chi connectivity index (χ1v) is 10.4. The lowest BCUT2D eigenvalue weighted by Gasteiger charge is -2.27. The van der Waals surface area contributed by atoms with E-state index in [9.17, 15) is 9.59 Å². The summed E-state index contributed by atoms with van der Waals surface area (Å²) in [5.41, 5.74) is 1.77. The number of hydrogen-bond donors (Lipinski definition) is 2. The number of nitrogens with one attached hydrogen (secondary N) is 2. The highest BCUT2D eigenvalue weighted by atomic mass is 32.1. The van der Waals surface area contributed by atoms with Crippen molar-refractivity contribution in [2.24, 2.45) is 0 Å². The Labute approximate surface area is 192 Å². The molecule has 0 radical (unpaired) electrons. The molecule has 1 aliphatic rings. The standard InChI is InChI=1S/C23H25N3O5S/c1-29-19-9-7-16(15-20(19)30-2)8-10-21(27)25-23(32)24-18-6-4-3-5-17(18)22(28)26-11-13-31-14-12-26/h3-10,15H,11-14H2,1-2H3,(H2,24,25,27,32)/b10-8+. The van der Waals surface area contributed by atoms with Gasteiger partial charge in [-0.25, -0.2) is 0 Å². The van der Waals surface area contributed by atoms with Gasteiger partial charge >= 0.3 is 0 Å². The molecular weight excluding hydrogens is 430 g/mol. The Hall–Kier alpha value is -3.43. The minimum Gasteiger partial charge on any atom is -0.493 e. The van der Waals surface area contributed by atoms with Crippen LogP contribution in [0.5, 0.6) is 11.5 Å². The zero-order chi connectivity index (χ0) is 22.9. The minimum atomic E-state index is -0.408. The van der Waals surface area contributed by atoms with Gasteiger partial charge in [0.05, 0.1) is 38.7 Å². The first-order valence-electron chi connectivity index (χ1n) is 10.00. The molecule has 0 aromatic heterocycles. The topological polar surface area (TPSA) is 89.1 Å². The van der Waals surface area contributed by atoms with E-state index in [1.54, 1.807) is 67.7 Å². The summed E-state index contributed by atoms with van der Waals surface area (Å²) in [6.07, 6.45) is 3.00. The van der Waals surface area contributed by atoms with Gasteiger partial charge in [0.25, 0.3) is 5.91 Å². The number of morpholine rings is 1. The highest BCUT2D eigenvalue weighted by Gasteiger charge is 2.21. The quantitative estimate of drug-likeness (QED) is 0.511. The summed E-state index contributed by atoms with van der Waals surface area (Å²) in [6, 6.07) is 12.4. The van der Waals surface area contributed by atoms with Gasteiger partial charge in [-0.1, -0.05) is 18.2 Å². The highest BCUT2D eigenvalue weighted by Crippen LogP contribution is 2.28. The second-order valence-electron chi connectivity index (χ2n) is 6.84. The van der Waals surface area contributed by atoms with Gasteiger partial charge in [-0.05, 0) is 48.1 Å². The van der Waals surface area contributed by atoms with Crippen LogP contribution in [0.4, 0.5) is 5.69 Å². The van der Waals surface area contributed by atoms with Crippen LogP contribution in [0.3, 0.4) is 0 Å². The second kappa shape index (κ2) is 11.3. The van der Waals surface area contributed by atoms with Crippen molar-refractivity contribution in [2.75, 3.05) is 45.8 Å². The second-order valence-corrected chi connectivity index (χ2v) is 7.25. The number of amides is 2. The Morgan fingerprint density at radius 1 is 1.06 bits per heavy atom. The first-order chi connectivity index (χ1) is 15.5. The van der Waals surface area contributed by atoms with Crippen LogP contribution in [-0.2, 0) is 9.53 Å². The van der Waals surface area contributed by atoms with E-state index in [1.165, 1.54) is 6.08 Å². The van der Waals surface area contributed by atoms with Gasteiger partial charge < -0.3 is 24.4 Å². The number of carbonyl (C=O) groups excluding carboxylic acids is 2. The summed E-state index contributed by atoms with van der Waals surface area (Å²) in [5, 5.41) is 5.62. The molecule has 1 aliphatic heterocycles. The van der Waals surface area contributed by atoms with Crippen LogP contribution >= 0.6 is 12.2 Å². The van der Waals surface area contributed by atoms with Crippen molar-refractivity contribution in [1.29, 1.82) is 0 Å². The number of benzene rings is 2. The summed E-state index contributed by atoms with van der Waals surface area (Å²) in [5.74, 6) is 0.645. The average molecular weight is 456 g/mol. The van der Waals surface area contributed by atoms with Gasteiger partial charge in [0.1, 0.15) is 0 Å². The lowest BCUT2D eigenvalue weighted by Crippen LogP contribution is -2.41. The fraction of sp³-hybridized carbons (Fsp3) is 0.261. The SMILES string of the molecule is COc1ccc(/C=C/C(=O)NC(=S)Nc2ccccc2C(=O)N2CCOCC2)cc1OC. The largest absolute Gasteiger partial charge is 0.493 e. The lowest BCUT2D eigenvalue weighted by molar-refractivity contribution is -0.115. The van der Waals surface area contributed by atoms with Crippen molar-refractivity contribution in [3.8, 4) is 11.5 Å². The predicted octanol–water partition coefficient (Wildman–Crippen LogP) is 2.70. The van der Waals surface area contributed by atoms with E-state index in [0.717, 1.165) is 5.56 Å². The van der Waals surface area contributed by atoms with Gasteiger partial charge in [-0.15, -0.1) is 0 Å². The number of nitrogens with zero attached hydrogens (tertiary/aromatic N) is 1. The molecule has 1 saturated heterocycles. The molecule has 9 heteroatoms. The average Bonchev–Trinajstić information content (AvgIpc) is 2.83. The van der Waals surface area contributed by atoms with E-state index in [1.807, 2.05) is 0 Å². The third kappa shape index (κ3) is 6.05. The fourth-order valence-electron chi connectivity index (χ4n) is 3.15. The maximum absolute atomic E-state index is 12.9. The highest BCUT2D eigenvalue weighted by molar-refractivity contribution is 7.80. The molecule has 0 spiro atoms. The van der Waals surface area contributed by atoms with Crippen LogP contribution in [0, 0.1) is 0 Å². The molecule has 2 amide bonds. The zero-order valence-electron chi connectivity index (χ0n) is 17.9. The van der Waals surface area contributed by atoms with Gasteiger partial charge in [0.2, 0.25) is 5.91 Å². The monoisotopic (exact) mass is 455 g/mol. The van der Waals surface area contributed by atoms with Crippen LogP contribution < -0.4 is 20.1 Å². The number of para-hydroxylation sites is 1. The molecule has 32 heavy (non-hydrogen) atoms. The summed E-state index contributed by atoms with van der Waals surface area (Å²) < 4.78 is 15.8. The molecule has 0 saturated carbocycles. The molecule has 2 N–H and O–H groups in total. The number of methoxy groups -OCH3 is 2. The normalized spacial score (nSPS) is 13.5. The van der Waals surface area contributed by atoms with Gasteiger partial charge in [0, 0.05) is 19.2 Å². The molecule has 0 bridgehead atoms. The van der Waals surface area contributed by atoms with Crippen molar-refractivity contribution in [1.82, 2.24) is 10.2 Å². The molecule has 0 atom stereocenters. The van der Waals surface area contributed by atoms with E-state index in [4.69, 9.17) is 26.4 Å². The Balaban J connectivity index is 1.61. The van der Waals surface area contributed by atoms with Gasteiger partial charge in [0.15, 0.2) is 16.6 Å². The first kappa shape index (κ1) is 23.2. The molecule has 1 heterocycles. The van der Waals surface area contributed by atoms with E-state index in [2.05, 4.69) is 10.6 Å². The number of anilines is 1. The summed E-state index contributed by atoms with van der Waals surface area (Å²) in [6.45, 7) is 2.11. The molecule has 0 unspecified atom stereocenters. The van der Waals surface area contributed by atoms with Crippen molar-refractivity contribution < 1.29 is 23.8 Å². The summed E-state index contributed by atoms with van der Waals surface area (Å²) in [7, 11) is 3.10. The number of thiocarbonyl (C=S) groups is 1. The molecule has 3 rings (SSSR count). The summed E-state index contributed by atoms with van der Waals surface area (Å²) >= 11 is 5.26. The fourth-order valence-corrected chi connectivity index (χ4v) is 3.36. The maximum atomic E-state index is 12.9. The van der Waals surface area contributed by atoms with Crippen LogP contribution in [0.2, 0.25) is 0 Å². The smallest absolute Gasteiger partial charge is 0.256 e. The molecule has 2 aromatic carbocycles. The Morgan fingerprint density at radius 2 is 1.78 bits per heavy atom. The third-order valence-electron chi connectivity index (χ3n) is 4.78. The van der Waals surface area contributed by atoms with E-state index < -0.39 is 5.91 Å². The van der Waals surface area contributed by atoms with E-state index in [0.29, 0.717) is 49.1 Å². The predicted molar refractivity (Wildman–Crippen MR) is 126 cm³/mol. The molecule has 0 aliphatic carbocycles. The molecule has 2 aromatic rings. The Morgan fingerprint density at radius 3 is 2.50 bits per heavy atom. The minimum absolute atomic E-state index is 0.0918. The molecule has 8 nitrogen and oxygen atoms in total. The van der Waals surface area contributed by atoms with Gasteiger partial charge in [-0.2, -0.15) is 0 Å². The number of rotatable bonds is 6. The zero-order valence-corrected chi connectivity index (χ0v) is 18.7. The van der Waals surface area contributed by atoms with E-state index >= 15 is 0 Å². The van der Waals surface area contributed by atoms with Crippen molar-refractivity contribution in [3.05, 3.63) is 59.7 Å². The van der Waals surface area contributed by atoms with Gasteiger partial charge in [-0.3, -0.25) is 14.9 Å². The molecule has 168 valence electrons. The van der Waals surface area contributed by atoms with Crippen molar-refractivity contribution in [3.63, 3.8) is 0 Å².